The first kappa shape index (κ1) is 42.7. The number of nitrogens with zero attached hydrogens (tertiary/aromatic N) is 5. The Morgan fingerprint density at radius 1 is 0.873 bits per heavy atom. The SMILES string of the molecule is Cc1sc2c(c1C)C(c1ccc(Cl)cc1)=N[C@@H](CC(=O)NCCOCCOCCOCCOCCOC1CCN(C(=O)OC(C)(C)C)CC1)c1nnc(C)n1-2. The van der Waals surface area contributed by atoms with Crippen LogP contribution in [0.3, 0.4) is 0 Å². The van der Waals surface area contributed by atoms with Crippen molar-refractivity contribution in [2.75, 3.05) is 79.1 Å². The van der Waals surface area contributed by atoms with Crippen LogP contribution in [-0.4, -0.2) is 128 Å². The quantitative estimate of drug-likeness (QED) is 0.148. The van der Waals surface area contributed by atoms with E-state index >= 15 is 0 Å². The van der Waals surface area contributed by atoms with Crippen LogP contribution in [0.25, 0.3) is 5.00 Å². The molecule has 1 N–H and O–H groups in total. The number of amides is 2. The van der Waals surface area contributed by atoms with Crippen LogP contribution in [0.2, 0.25) is 5.02 Å². The van der Waals surface area contributed by atoms with Gasteiger partial charge in [0.05, 0.1) is 77.7 Å². The molecule has 1 saturated heterocycles. The van der Waals surface area contributed by atoms with Crippen LogP contribution >= 0.6 is 22.9 Å². The standard InChI is InChI=1S/C39H55ClN6O8S/c1-26-27(2)55-37-34(26)35(29-7-9-30(40)10-8-29)42-32(36-44-43-28(3)46(36)37)25-33(47)41-13-16-49-17-18-50-19-20-51-21-22-52-23-24-53-31-11-14-45(15-12-31)38(48)54-39(4,5)6/h7-10,31-32H,11-25H2,1-6H3,(H,41,47)/t32-/m0/s1. The highest BCUT2D eigenvalue weighted by Gasteiger charge is 2.32. The lowest BCUT2D eigenvalue weighted by Crippen LogP contribution is -2.43. The molecule has 16 heteroatoms. The van der Waals surface area contributed by atoms with E-state index < -0.39 is 11.6 Å². The van der Waals surface area contributed by atoms with Crippen molar-refractivity contribution in [3.05, 3.63) is 62.5 Å². The van der Waals surface area contributed by atoms with Crippen LogP contribution in [0.1, 0.15) is 79.3 Å². The Balaban J connectivity index is 0.905. The van der Waals surface area contributed by atoms with E-state index in [0.29, 0.717) is 89.9 Å². The number of aryl methyl sites for hydroxylation is 2. The minimum atomic E-state index is -0.531. The number of thiophene rings is 1. The van der Waals surface area contributed by atoms with Crippen molar-refractivity contribution in [1.29, 1.82) is 0 Å². The number of halogens is 1. The summed E-state index contributed by atoms with van der Waals surface area (Å²) in [5, 5.41) is 13.4. The molecule has 1 fully saturated rings. The van der Waals surface area contributed by atoms with Gasteiger partial charge in [0, 0.05) is 40.7 Å². The number of piperidine rings is 1. The molecule has 0 saturated carbocycles. The normalized spacial score (nSPS) is 16.0. The molecule has 0 aliphatic carbocycles. The Labute approximate surface area is 332 Å². The number of hydrogen-bond donors (Lipinski definition) is 1. The summed E-state index contributed by atoms with van der Waals surface area (Å²) in [5.41, 5.74) is 3.41. The van der Waals surface area contributed by atoms with Gasteiger partial charge >= 0.3 is 6.09 Å². The molecule has 55 heavy (non-hydrogen) atoms. The zero-order valence-corrected chi connectivity index (χ0v) is 34.4. The van der Waals surface area contributed by atoms with E-state index in [4.69, 9.17) is 45.0 Å². The summed E-state index contributed by atoms with van der Waals surface area (Å²) in [6.45, 7) is 17.4. The Hall–Kier alpha value is -3.44. The molecule has 0 radical (unpaired) electrons. The molecule has 5 rings (SSSR count). The van der Waals surface area contributed by atoms with Crippen LogP contribution in [0.5, 0.6) is 0 Å². The van der Waals surface area contributed by atoms with E-state index in [-0.39, 0.29) is 24.5 Å². The van der Waals surface area contributed by atoms with Crippen molar-refractivity contribution in [3.8, 4) is 5.00 Å². The van der Waals surface area contributed by atoms with Crippen LogP contribution in [0, 0.1) is 20.8 Å². The van der Waals surface area contributed by atoms with Gasteiger partial charge < -0.3 is 38.6 Å². The molecule has 3 aromatic rings. The van der Waals surface area contributed by atoms with E-state index in [1.54, 1.807) is 16.2 Å². The highest BCUT2D eigenvalue weighted by atomic mass is 35.5. The number of aromatic nitrogens is 3. The van der Waals surface area contributed by atoms with Gasteiger partial charge in [-0.05, 0) is 72.1 Å². The third-order valence-corrected chi connectivity index (χ3v) is 10.5. The highest BCUT2D eigenvalue weighted by Crippen LogP contribution is 2.39. The van der Waals surface area contributed by atoms with Crippen molar-refractivity contribution in [1.82, 2.24) is 25.0 Å². The van der Waals surface area contributed by atoms with Gasteiger partial charge in [0.25, 0.3) is 0 Å². The van der Waals surface area contributed by atoms with Gasteiger partial charge in [0.1, 0.15) is 22.5 Å². The fraction of sp³-hybridized carbons (Fsp3) is 0.615. The summed E-state index contributed by atoms with van der Waals surface area (Å²) >= 11 is 7.89. The van der Waals surface area contributed by atoms with Crippen LogP contribution < -0.4 is 5.32 Å². The molecular weight excluding hydrogens is 748 g/mol. The second kappa shape index (κ2) is 20.6. The number of aliphatic imine (C=N–C) groups is 1. The molecule has 0 spiro atoms. The summed E-state index contributed by atoms with van der Waals surface area (Å²) in [7, 11) is 0. The highest BCUT2D eigenvalue weighted by molar-refractivity contribution is 7.15. The van der Waals surface area contributed by atoms with Gasteiger partial charge in [-0.3, -0.25) is 14.4 Å². The van der Waals surface area contributed by atoms with Crippen molar-refractivity contribution in [3.63, 3.8) is 0 Å². The third-order valence-electron chi connectivity index (χ3n) is 9.10. The van der Waals surface area contributed by atoms with E-state index in [0.717, 1.165) is 46.1 Å². The van der Waals surface area contributed by atoms with Crippen LogP contribution in [-0.2, 0) is 33.2 Å². The first-order valence-corrected chi connectivity index (χ1v) is 20.1. The third kappa shape index (κ3) is 12.5. The summed E-state index contributed by atoms with van der Waals surface area (Å²) in [4.78, 5) is 33.4. The number of carbonyl (C=O) groups excluding carboxylic acids is 2. The second-order valence-electron chi connectivity index (χ2n) is 14.4. The molecule has 2 aliphatic rings. The Morgan fingerprint density at radius 3 is 2.09 bits per heavy atom. The average Bonchev–Trinajstić information content (AvgIpc) is 3.62. The molecule has 14 nitrogen and oxygen atoms in total. The molecule has 0 unspecified atom stereocenters. The van der Waals surface area contributed by atoms with Gasteiger partial charge in [-0.1, -0.05) is 23.7 Å². The van der Waals surface area contributed by atoms with Gasteiger partial charge in [-0.25, -0.2) is 4.79 Å². The molecule has 2 aliphatic heterocycles. The second-order valence-corrected chi connectivity index (χ2v) is 16.1. The summed E-state index contributed by atoms with van der Waals surface area (Å²) in [6, 6.07) is 7.09. The molecule has 302 valence electrons. The smallest absolute Gasteiger partial charge is 0.410 e. The van der Waals surface area contributed by atoms with E-state index in [1.807, 2.05) is 56.5 Å². The number of rotatable bonds is 19. The maximum atomic E-state index is 13.1. The number of nitrogens with one attached hydrogen (secondary N) is 1. The molecule has 4 heterocycles. The minimum absolute atomic E-state index is 0.113. The number of likely N-dealkylation sites (tertiary alicyclic amines) is 1. The maximum absolute atomic E-state index is 13.1. The Morgan fingerprint density at radius 2 is 1.47 bits per heavy atom. The van der Waals surface area contributed by atoms with E-state index in [1.165, 1.54) is 4.88 Å². The number of ether oxygens (including phenoxy) is 6. The monoisotopic (exact) mass is 802 g/mol. The molecule has 1 atom stereocenters. The maximum Gasteiger partial charge on any atom is 0.410 e. The molecule has 2 aromatic heterocycles. The summed E-state index contributed by atoms with van der Waals surface area (Å²) < 4.78 is 35.8. The van der Waals surface area contributed by atoms with Gasteiger partial charge in [-0.2, -0.15) is 0 Å². The zero-order valence-electron chi connectivity index (χ0n) is 32.9. The number of fused-ring (bicyclic) bond motifs is 3. The van der Waals surface area contributed by atoms with E-state index in [9.17, 15) is 9.59 Å². The van der Waals surface area contributed by atoms with Crippen molar-refractivity contribution in [2.24, 2.45) is 4.99 Å². The summed E-state index contributed by atoms with van der Waals surface area (Å²) in [6.07, 6.45) is 1.55. The number of benzene rings is 1. The lowest BCUT2D eigenvalue weighted by molar-refractivity contribution is -0.121. The van der Waals surface area contributed by atoms with Crippen LogP contribution in [0.15, 0.2) is 29.3 Å². The lowest BCUT2D eigenvalue weighted by Gasteiger charge is -2.33. The molecule has 0 bridgehead atoms. The first-order chi connectivity index (χ1) is 26.4. The number of carbonyl (C=O) groups is 2. The van der Waals surface area contributed by atoms with Gasteiger partial charge in [0.2, 0.25) is 5.91 Å². The largest absolute Gasteiger partial charge is 0.444 e. The Kier molecular flexibility index (Phi) is 16.0. The number of hydrogen-bond acceptors (Lipinski definition) is 12. The van der Waals surface area contributed by atoms with Gasteiger partial charge in [-0.15, -0.1) is 21.5 Å². The minimum Gasteiger partial charge on any atom is -0.444 e. The fourth-order valence-electron chi connectivity index (χ4n) is 6.21. The molecule has 1 aromatic carbocycles. The van der Waals surface area contributed by atoms with E-state index in [2.05, 4.69) is 29.4 Å². The molecular formula is C39H55ClN6O8S. The van der Waals surface area contributed by atoms with Gasteiger partial charge in [0.15, 0.2) is 5.82 Å². The predicted molar refractivity (Wildman–Crippen MR) is 211 cm³/mol. The topological polar surface area (TPSA) is 148 Å². The first-order valence-electron chi connectivity index (χ1n) is 18.9. The Bertz CT molecular complexity index is 1730. The predicted octanol–water partition coefficient (Wildman–Crippen LogP) is 5.79. The zero-order chi connectivity index (χ0) is 39.4. The fourth-order valence-corrected chi connectivity index (χ4v) is 7.55. The summed E-state index contributed by atoms with van der Waals surface area (Å²) in [5.74, 6) is 1.23. The van der Waals surface area contributed by atoms with Crippen molar-refractivity contribution < 1.29 is 38.0 Å². The molecule has 2 amide bonds. The van der Waals surface area contributed by atoms with Crippen molar-refractivity contribution in [2.45, 2.75) is 78.6 Å². The van der Waals surface area contributed by atoms with Crippen molar-refractivity contribution >= 4 is 40.6 Å². The van der Waals surface area contributed by atoms with Crippen LogP contribution in [0.4, 0.5) is 4.79 Å². The average molecular weight is 803 g/mol. The lowest BCUT2D eigenvalue weighted by atomic mass is 9.99.